The third kappa shape index (κ3) is 4.98. The molecule has 0 aliphatic carbocycles. The topological polar surface area (TPSA) is 108 Å². The van der Waals surface area contributed by atoms with E-state index in [4.69, 9.17) is 18.6 Å². The molecule has 9 nitrogen and oxygen atoms in total. The summed E-state index contributed by atoms with van der Waals surface area (Å²) in [6.07, 6.45) is 5.48. The summed E-state index contributed by atoms with van der Waals surface area (Å²) in [6.45, 7) is 1.57. The minimum absolute atomic E-state index is 0.0144. The SMILES string of the molecule is Nc1ncnc2c1c(-c1ccc(Oc3ccccc3)cc1)nn2C1CCN(C(=O)/C=C/COI)C1. The first-order valence-electron chi connectivity index (χ1n) is 11.1. The van der Waals surface area contributed by atoms with Gasteiger partial charge in [0.15, 0.2) is 5.65 Å². The van der Waals surface area contributed by atoms with Crippen molar-refractivity contribution in [3.63, 3.8) is 0 Å². The molecule has 2 N–H and O–H groups in total. The van der Waals surface area contributed by atoms with Crippen LogP contribution in [0.2, 0.25) is 0 Å². The van der Waals surface area contributed by atoms with Crippen molar-refractivity contribution in [2.24, 2.45) is 0 Å². The number of carbonyl (C=O) groups excluding carboxylic acids is 1. The summed E-state index contributed by atoms with van der Waals surface area (Å²) in [5.74, 6) is 1.82. The Morgan fingerprint density at radius 3 is 2.66 bits per heavy atom. The number of ether oxygens (including phenoxy) is 1. The number of hydrogen-bond donors (Lipinski definition) is 1. The zero-order valence-corrected chi connectivity index (χ0v) is 20.9. The van der Waals surface area contributed by atoms with Crippen molar-refractivity contribution >= 4 is 45.8 Å². The second-order valence-electron chi connectivity index (χ2n) is 8.10. The minimum Gasteiger partial charge on any atom is -0.457 e. The molecule has 10 heteroatoms. The monoisotopic (exact) mass is 582 g/mol. The van der Waals surface area contributed by atoms with E-state index in [9.17, 15) is 4.79 Å². The predicted octanol–water partition coefficient (Wildman–Crippen LogP) is 4.56. The average molecular weight is 582 g/mol. The van der Waals surface area contributed by atoms with E-state index in [-0.39, 0.29) is 11.9 Å². The van der Waals surface area contributed by atoms with Crippen LogP contribution in [-0.4, -0.2) is 50.3 Å². The summed E-state index contributed by atoms with van der Waals surface area (Å²) < 4.78 is 12.7. The summed E-state index contributed by atoms with van der Waals surface area (Å²) in [6, 6.07) is 17.3. The largest absolute Gasteiger partial charge is 0.457 e. The molecule has 1 atom stereocenters. The number of para-hydroxylation sites is 1. The number of aromatic nitrogens is 4. The average Bonchev–Trinajstić information content (AvgIpc) is 3.51. The number of rotatable bonds is 7. The molecule has 5 rings (SSSR count). The molecule has 178 valence electrons. The van der Waals surface area contributed by atoms with Gasteiger partial charge in [0.25, 0.3) is 0 Å². The van der Waals surface area contributed by atoms with Gasteiger partial charge in [-0.25, -0.2) is 14.6 Å². The molecule has 1 fully saturated rings. The van der Waals surface area contributed by atoms with Gasteiger partial charge in [-0.05, 0) is 42.8 Å². The second kappa shape index (κ2) is 10.4. The highest BCUT2D eigenvalue weighted by Crippen LogP contribution is 2.35. The van der Waals surface area contributed by atoms with E-state index in [1.54, 1.807) is 35.2 Å². The molecule has 4 aromatic rings. The fraction of sp³-hybridized carbons (Fsp3) is 0.200. The van der Waals surface area contributed by atoms with Gasteiger partial charge in [-0.2, -0.15) is 5.10 Å². The molecule has 1 saturated heterocycles. The van der Waals surface area contributed by atoms with Gasteiger partial charge in [0.2, 0.25) is 5.91 Å². The van der Waals surface area contributed by atoms with Gasteiger partial charge in [-0.1, -0.05) is 24.3 Å². The van der Waals surface area contributed by atoms with E-state index in [1.165, 1.54) is 6.33 Å². The number of nitrogens with zero attached hydrogens (tertiary/aromatic N) is 5. The van der Waals surface area contributed by atoms with E-state index < -0.39 is 0 Å². The zero-order chi connectivity index (χ0) is 24.2. The van der Waals surface area contributed by atoms with Crippen LogP contribution in [0.5, 0.6) is 11.5 Å². The van der Waals surface area contributed by atoms with Crippen molar-refractivity contribution in [3.8, 4) is 22.8 Å². The lowest BCUT2D eigenvalue weighted by Gasteiger charge is -2.15. The fourth-order valence-electron chi connectivity index (χ4n) is 4.19. The number of benzene rings is 2. The second-order valence-corrected chi connectivity index (χ2v) is 8.72. The number of fused-ring (bicyclic) bond motifs is 1. The molecule has 2 aromatic carbocycles. The highest BCUT2D eigenvalue weighted by molar-refractivity contribution is 14.1. The molecule has 1 aliphatic heterocycles. The lowest BCUT2D eigenvalue weighted by Crippen LogP contribution is -2.27. The van der Waals surface area contributed by atoms with Crippen LogP contribution in [0.15, 0.2) is 73.1 Å². The molecular formula is C25H23IN6O3. The Labute approximate surface area is 216 Å². The number of hydrogen-bond acceptors (Lipinski definition) is 7. The summed E-state index contributed by atoms with van der Waals surface area (Å²) >= 11 is 1.80. The molecule has 1 unspecified atom stereocenters. The van der Waals surface area contributed by atoms with Crippen LogP contribution in [0.1, 0.15) is 12.5 Å². The maximum Gasteiger partial charge on any atom is 0.246 e. The first kappa shape index (κ1) is 23.2. The normalized spacial score (nSPS) is 15.8. The van der Waals surface area contributed by atoms with Gasteiger partial charge < -0.3 is 18.4 Å². The number of halogens is 1. The Morgan fingerprint density at radius 2 is 1.89 bits per heavy atom. The summed E-state index contributed by atoms with van der Waals surface area (Å²) in [4.78, 5) is 23.0. The highest BCUT2D eigenvalue weighted by Gasteiger charge is 2.30. The van der Waals surface area contributed by atoms with Crippen LogP contribution >= 0.6 is 23.0 Å². The predicted molar refractivity (Wildman–Crippen MR) is 141 cm³/mol. The van der Waals surface area contributed by atoms with Crippen molar-refractivity contribution in [1.29, 1.82) is 0 Å². The van der Waals surface area contributed by atoms with Gasteiger partial charge >= 0.3 is 0 Å². The first-order valence-corrected chi connectivity index (χ1v) is 12.0. The van der Waals surface area contributed by atoms with Crippen molar-refractivity contribution in [1.82, 2.24) is 24.6 Å². The van der Waals surface area contributed by atoms with E-state index in [0.29, 0.717) is 42.2 Å². The lowest BCUT2D eigenvalue weighted by atomic mass is 10.1. The molecule has 1 aliphatic rings. The van der Waals surface area contributed by atoms with Crippen molar-refractivity contribution in [3.05, 3.63) is 73.1 Å². The van der Waals surface area contributed by atoms with Crippen LogP contribution in [0.4, 0.5) is 5.82 Å². The maximum absolute atomic E-state index is 12.5. The summed E-state index contributed by atoms with van der Waals surface area (Å²) in [5.41, 5.74) is 8.50. The Balaban J connectivity index is 1.42. The number of nitrogens with two attached hydrogens (primary N) is 1. The van der Waals surface area contributed by atoms with Gasteiger partial charge in [-0.3, -0.25) is 4.79 Å². The van der Waals surface area contributed by atoms with Gasteiger partial charge in [-0.15, -0.1) is 0 Å². The van der Waals surface area contributed by atoms with Crippen LogP contribution in [0.3, 0.4) is 0 Å². The Hall–Kier alpha value is -3.51. The van der Waals surface area contributed by atoms with Crippen LogP contribution < -0.4 is 10.5 Å². The third-order valence-corrected chi connectivity index (χ3v) is 6.22. The highest BCUT2D eigenvalue weighted by atomic mass is 127. The smallest absolute Gasteiger partial charge is 0.246 e. The molecule has 35 heavy (non-hydrogen) atoms. The molecule has 2 aromatic heterocycles. The summed E-state index contributed by atoms with van der Waals surface area (Å²) in [5, 5.41) is 5.60. The Kier molecular flexibility index (Phi) is 6.91. The molecular weight excluding hydrogens is 559 g/mol. The van der Waals surface area contributed by atoms with Crippen molar-refractivity contribution in [2.45, 2.75) is 12.5 Å². The molecule has 0 bridgehead atoms. The lowest BCUT2D eigenvalue weighted by molar-refractivity contribution is -0.125. The van der Waals surface area contributed by atoms with Gasteiger partial charge in [0.05, 0.1) is 18.0 Å². The van der Waals surface area contributed by atoms with E-state index >= 15 is 0 Å². The van der Waals surface area contributed by atoms with Gasteiger partial charge in [0, 0.05) is 24.7 Å². The number of carbonyl (C=O) groups is 1. The van der Waals surface area contributed by atoms with Crippen LogP contribution in [0.25, 0.3) is 22.3 Å². The molecule has 0 spiro atoms. The van der Waals surface area contributed by atoms with Crippen LogP contribution in [0, 0.1) is 0 Å². The zero-order valence-electron chi connectivity index (χ0n) is 18.8. The summed E-state index contributed by atoms with van der Waals surface area (Å²) in [7, 11) is 0. The molecule has 0 radical (unpaired) electrons. The van der Waals surface area contributed by atoms with E-state index in [2.05, 4.69) is 9.97 Å². The number of anilines is 1. The molecule has 3 heterocycles. The fourth-order valence-corrected chi connectivity index (χ4v) is 4.40. The quantitative estimate of drug-likeness (QED) is 0.251. The van der Waals surface area contributed by atoms with E-state index in [1.807, 2.05) is 64.2 Å². The van der Waals surface area contributed by atoms with E-state index in [0.717, 1.165) is 23.5 Å². The van der Waals surface area contributed by atoms with Gasteiger partial charge in [0.1, 0.15) is 52.3 Å². The Bertz CT molecular complexity index is 1360. The number of nitrogen functional groups attached to an aromatic ring is 1. The van der Waals surface area contributed by atoms with Crippen LogP contribution in [-0.2, 0) is 7.86 Å². The molecule has 0 saturated carbocycles. The van der Waals surface area contributed by atoms with Crippen molar-refractivity contribution < 1.29 is 12.6 Å². The minimum atomic E-state index is -0.0409. The first-order chi connectivity index (χ1) is 17.1. The standard InChI is InChI=1S/C25H23IN6O3/c26-34-14-4-7-21(33)31-13-12-18(15-31)32-25-22(24(27)28-16-29-25)23(30-32)17-8-10-20(11-9-17)35-19-5-2-1-3-6-19/h1-11,16,18H,12-15H2,(H2,27,28,29)/b7-4+. The maximum atomic E-state index is 12.5. The third-order valence-electron chi connectivity index (χ3n) is 5.87. The number of likely N-dealkylation sites (tertiary alicyclic amines) is 1. The number of amides is 1. The molecule has 1 amide bonds. The Morgan fingerprint density at radius 1 is 1.11 bits per heavy atom. The van der Waals surface area contributed by atoms with Crippen molar-refractivity contribution in [2.75, 3.05) is 25.4 Å².